The molecule has 1 fully saturated rings. The Kier molecular flexibility index (Phi) is 8.16. The molecule has 1 aliphatic heterocycles. The molecular weight excluding hydrogens is 456 g/mol. The molecule has 1 heterocycles. The lowest BCUT2D eigenvalue weighted by Gasteiger charge is -2.35. The second kappa shape index (κ2) is 10.9. The fourth-order valence-corrected chi connectivity index (χ4v) is 4.47. The van der Waals surface area contributed by atoms with E-state index in [-0.39, 0.29) is 16.9 Å². The molecule has 184 valence electrons. The minimum atomic E-state index is -3.73. The van der Waals surface area contributed by atoms with Gasteiger partial charge in [0.1, 0.15) is 5.60 Å². The molecule has 3 rings (SSSR count). The molecule has 2 aromatic carbocycles. The monoisotopic (exact) mass is 488 g/mol. The molecule has 0 radical (unpaired) electrons. The highest BCUT2D eigenvalue weighted by Gasteiger charge is 2.25. The zero-order valence-corrected chi connectivity index (χ0v) is 20.6. The Morgan fingerprint density at radius 1 is 0.941 bits per heavy atom. The first kappa shape index (κ1) is 25.5. The van der Waals surface area contributed by atoms with Crippen LogP contribution < -0.4 is 10.0 Å². The molecule has 2 N–H and O–H groups in total. The molecule has 1 saturated heterocycles. The number of sulfonamides is 1. The lowest BCUT2D eigenvalue weighted by Crippen LogP contribution is -2.51. The first-order valence-electron chi connectivity index (χ1n) is 11.2. The van der Waals surface area contributed by atoms with Crippen molar-refractivity contribution in [3.63, 3.8) is 0 Å². The predicted molar refractivity (Wildman–Crippen MR) is 130 cm³/mol. The maximum Gasteiger partial charge on any atom is 0.410 e. The van der Waals surface area contributed by atoms with Crippen molar-refractivity contribution in [3.05, 3.63) is 60.2 Å². The lowest BCUT2D eigenvalue weighted by atomic mass is 10.2. The Morgan fingerprint density at radius 2 is 1.56 bits per heavy atom. The van der Waals surface area contributed by atoms with Crippen LogP contribution in [0.3, 0.4) is 0 Å². The number of carbonyl (C=O) groups excluding carboxylic acids is 2. The third kappa shape index (κ3) is 7.46. The average Bonchev–Trinajstić information content (AvgIpc) is 2.79. The minimum absolute atomic E-state index is 0.0794. The SMILES string of the molecule is CC(C)(C)OC(=O)N1CCN(CCNC(=O)c2ccc(S(=O)(=O)Nc3ccccc3)cc2)CC1. The molecule has 0 spiro atoms. The first-order valence-corrected chi connectivity index (χ1v) is 12.7. The van der Waals surface area contributed by atoms with Gasteiger partial charge in [0.25, 0.3) is 15.9 Å². The summed E-state index contributed by atoms with van der Waals surface area (Å²) in [6.07, 6.45) is -0.301. The van der Waals surface area contributed by atoms with Crippen LogP contribution in [0, 0.1) is 0 Å². The molecule has 0 saturated carbocycles. The molecule has 9 nitrogen and oxygen atoms in total. The van der Waals surface area contributed by atoms with Crippen molar-refractivity contribution in [2.24, 2.45) is 0 Å². The van der Waals surface area contributed by atoms with E-state index < -0.39 is 15.6 Å². The fraction of sp³-hybridized carbons (Fsp3) is 0.417. The predicted octanol–water partition coefficient (Wildman–Crippen LogP) is 2.77. The fourth-order valence-electron chi connectivity index (χ4n) is 3.42. The topological polar surface area (TPSA) is 108 Å². The van der Waals surface area contributed by atoms with Gasteiger partial charge in [0, 0.05) is 50.5 Å². The number of piperazine rings is 1. The van der Waals surface area contributed by atoms with Gasteiger partial charge in [-0.3, -0.25) is 14.4 Å². The van der Waals surface area contributed by atoms with E-state index in [1.54, 1.807) is 35.2 Å². The van der Waals surface area contributed by atoms with Crippen molar-refractivity contribution in [2.75, 3.05) is 44.0 Å². The summed E-state index contributed by atoms with van der Waals surface area (Å²) in [7, 11) is -3.73. The molecule has 0 aliphatic carbocycles. The van der Waals surface area contributed by atoms with Gasteiger partial charge in [-0.25, -0.2) is 13.2 Å². The van der Waals surface area contributed by atoms with Crippen molar-refractivity contribution in [1.82, 2.24) is 15.1 Å². The molecule has 34 heavy (non-hydrogen) atoms. The number of para-hydroxylation sites is 1. The van der Waals surface area contributed by atoms with E-state index in [4.69, 9.17) is 4.74 Å². The van der Waals surface area contributed by atoms with Gasteiger partial charge >= 0.3 is 6.09 Å². The quantitative estimate of drug-likeness (QED) is 0.621. The number of rotatable bonds is 7. The standard InChI is InChI=1S/C24H32N4O5S/c1-24(2,3)33-23(30)28-17-15-27(16-18-28)14-13-25-22(29)19-9-11-21(12-10-19)34(31,32)26-20-7-5-4-6-8-20/h4-12,26H,13-18H2,1-3H3,(H,25,29). The second-order valence-corrected chi connectivity index (χ2v) is 10.7. The molecule has 10 heteroatoms. The maximum atomic E-state index is 12.5. The normalized spacial score (nSPS) is 15.0. The smallest absolute Gasteiger partial charge is 0.410 e. The van der Waals surface area contributed by atoms with Crippen LogP contribution in [0.15, 0.2) is 59.5 Å². The molecule has 2 amide bonds. The van der Waals surface area contributed by atoms with Gasteiger partial charge in [-0.1, -0.05) is 18.2 Å². The van der Waals surface area contributed by atoms with E-state index in [0.717, 1.165) is 0 Å². The number of hydrogen-bond acceptors (Lipinski definition) is 6. The Hall–Kier alpha value is -3.11. The molecule has 1 aliphatic rings. The zero-order valence-electron chi connectivity index (χ0n) is 19.8. The first-order chi connectivity index (χ1) is 16.0. The van der Waals surface area contributed by atoms with Crippen molar-refractivity contribution < 1.29 is 22.7 Å². The molecule has 0 bridgehead atoms. The maximum absolute atomic E-state index is 12.5. The number of nitrogens with zero attached hydrogens (tertiary/aromatic N) is 2. The van der Waals surface area contributed by atoms with Crippen LogP contribution in [0.5, 0.6) is 0 Å². The van der Waals surface area contributed by atoms with Gasteiger partial charge in [0.05, 0.1) is 4.90 Å². The summed E-state index contributed by atoms with van der Waals surface area (Å²) in [5, 5.41) is 2.86. The zero-order chi connectivity index (χ0) is 24.8. The summed E-state index contributed by atoms with van der Waals surface area (Å²) in [5.41, 5.74) is 0.337. The Morgan fingerprint density at radius 3 is 2.15 bits per heavy atom. The van der Waals surface area contributed by atoms with E-state index in [2.05, 4.69) is 14.9 Å². The Balaban J connectivity index is 1.43. The minimum Gasteiger partial charge on any atom is -0.444 e. The Labute approximate surface area is 201 Å². The van der Waals surface area contributed by atoms with Crippen LogP contribution in [-0.2, 0) is 14.8 Å². The van der Waals surface area contributed by atoms with Crippen LogP contribution in [0.2, 0.25) is 0 Å². The van der Waals surface area contributed by atoms with Crippen LogP contribution in [0.25, 0.3) is 0 Å². The third-order valence-electron chi connectivity index (χ3n) is 5.19. The van der Waals surface area contributed by atoms with Crippen molar-refractivity contribution in [2.45, 2.75) is 31.3 Å². The van der Waals surface area contributed by atoms with Gasteiger partial charge in [-0.2, -0.15) is 0 Å². The van der Waals surface area contributed by atoms with Gasteiger partial charge in [0.15, 0.2) is 0 Å². The third-order valence-corrected chi connectivity index (χ3v) is 6.59. The van der Waals surface area contributed by atoms with Gasteiger partial charge in [-0.15, -0.1) is 0 Å². The number of benzene rings is 2. The van der Waals surface area contributed by atoms with Crippen LogP contribution in [0.4, 0.5) is 10.5 Å². The van der Waals surface area contributed by atoms with Crippen molar-refractivity contribution >= 4 is 27.7 Å². The average molecular weight is 489 g/mol. The number of hydrogen-bond donors (Lipinski definition) is 2. The van der Waals surface area contributed by atoms with Crippen LogP contribution >= 0.6 is 0 Å². The van der Waals surface area contributed by atoms with Crippen molar-refractivity contribution in [3.8, 4) is 0 Å². The summed E-state index contributed by atoms with van der Waals surface area (Å²) in [6.45, 7) is 9.20. The van der Waals surface area contributed by atoms with Gasteiger partial charge < -0.3 is 15.0 Å². The molecule has 0 aromatic heterocycles. The molecule has 0 atom stereocenters. The largest absolute Gasteiger partial charge is 0.444 e. The number of amides is 2. The summed E-state index contributed by atoms with van der Waals surface area (Å²) < 4.78 is 32.9. The molecule has 2 aromatic rings. The van der Waals surface area contributed by atoms with Crippen LogP contribution in [0.1, 0.15) is 31.1 Å². The summed E-state index contributed by atoms with van der Waals surface area (Å²) in [5.74, 6) is -0.271. The van der Waals surface area contributed by atoms with Crippen molar-refractivity contribution in [1.29, 1.82) is 0 Å². The molecular formula is C24H32N4O5S. The number of carbonyl (C=O) groups is 2. The highest BCUT2D eigenvalue weighted by molar-refractivity contribution is 7.92. The summed E-state index contributed by atoms with van der Waals surface area (Å²) in [6, 6.07) is 14.4. The molecule has 0 unspecified atom stereocenters. The van der Waals surface area contributed by atoms with E-state index in [1.165, 1.54) is 24.3 Å². The number of ether oxygens (including phenoxy) is 1. The highest BCUT2D eigenvalue weighted by atomic mass is 32.2. The van der Waals surface area contributed by atoms with Gasteiger partial charge in [-0.05, 0) is 57.2 Å². The van der Waals surface area contributed by atoms with Gasteiger partial charge in [0.2, 0.25) is 0 Å². The van der Waals surface area contributed by atoms with E-state index in [1.807, 2.05) is 20.8 Å². The lowest BCUT2D eigenvalue weighted by molar-refractivity contribution is 0.0147. The highest BCUT2D eigenvalue weighted by Crippen LogP contribution is 2.16. The Bertz CT molecular complexity index is 1070. The van der Waals surface area contributed by atoms with E-state index in [9.17, 15) is 18.0 Å². The summed E-state index contributed by atoms with van der Waals surface area (Å²) in [4.78, 5) is 28.5. The van der Waals surface area contributed by atoms with E-state index >= 15 is 0 Å². The number of anilines is 1. The number of nitrogens with one attached hydrogen (secondary N) is 2. The van der Waals surface area contributed by atoms with E-state index in [0.29, 0.717) is 50.5 Å². The van der Waals surface area contributed by atoms with Crippen LogP contribution in [-0.4, -0.2) is 75.1 Å². The summed E-state index contributed by atoms with van der Waals surface area (Å²) >= 11 is 0. The second-order valence-electron chi connectivity index (χ2n) is 9.06.